The lowest BCUT2D eigenvalue weighted by Crippen LogP contribution is -2.25. The van der Waals surface area contributed by atoms with Crippen LogP contribution in [0, 0.1) is 6.92 Å². The molecule has 1 aromatic heterocycles. The Hall–Kier alpha value is -2.66. The van der Waals surface area contributed by atoms with Gasteiger partial charge in [0.15, 0.2) is 0 Å². The van der Waals surface area contributed by atoms with Crippen molar-refractivity contribution in [2.24, 2.45) is 0 Å². The Morgan fingerprint density at radius 3 is 2.75 bits per heavy atom. The Kier molecular flexibility index (Phi) is 4.91. The largest absolute Gasteiger partial charge is 0.352 e. The number of halogens is 1. The molecule has 0 spiro atoms. The van der Waals surface area contributed by atoms with Crippen LogP contribution in [0.3, 0.4) is 0 Å². The van der Waals surface area contributed by atoms with Gasteiger partial charge in [-0.15, -0.1) is 0 Å². The van der Waals surface area contributed by atoms with E-state index >= 15 is 0 Å². The number of hydrogen-bond donors (Lipinski definition) is 1. The van der Waals surface area contributed by atoms with Crippen molar-refractivity contribution in [3.63, 3.8) is 0 Å². The van der Waals surface area contributed by atoms with Crippen LogP contribution >= 0.6 is 11.6 Å². The van der Waals surface area contributed by atoms with Gasteiger partial charge in [-0.05, 0) is 25.1 Å². The Morgan fingerprint density at radius 2 is 2.00 bits per heavy atom. The van der Waals surface area contributed by atoms with Crippen molar-refractivity contribution in [2.75, 3.05) is 6.54 Å². The Labute approximate surface area is 144 Å². The topological polar surface area (TPSA) is 68.0 Å². The van der Waals surface area contributed by atoms with Crippen LogP contribution in [0.15, 0.2) is 53.1 Å². The first kappa shape index (κ1) is 16.2. The Bertz CT molecular complexity index is 843. The molecule has 1 heterocycles. The molecule has 1 N–H and O–H groups in total. The lowest BCUT2D eigenvalue weighted by Gasteiger charge is -2.03. The Morgan fingerprint density at radius 1 is 1.21 bits per heavy atom. The van der Waals surface area contributed by atoms with E-state index in [4.69, 9.17) is 16.1 Å². The van der Waals surface area contributed by atoms with Crippen LogP contribution in [0.4, 0.5) is 0 Å². The molecular formula is C18H16ClN3O2. The zero-order valence-corrected chi connectivity index (χ0v) is 13.9. The minimum absolute atomic E-state index is 0.184. The summed E-state index contributed by atoms with van der Waals surface area (Å²) in [6.45, 7) is 2.43. The van der Waals surface area contributed by atoms with Gasteiger partial charge in [-0.2, -0.15) is 4.98 Å². The first-order valence-electron chi connectivity index (χ1n) is 7.55. The van der Waals surface area contributed by atoms with Crippen LogP contribution in [0.5, 0.6) is 0 Å². The summed E-state index contributed by atoms with van der Waals surface area (Å²) in [6.07, 6.45) is 0.463. The fourth-order valence-electron chi connectivity index (χ4n) is 2.19. The summed E-state index contributed by atoms with van der Waals surface area (Å²) in [6, 6.07) is 14.7. The van der Waals surface area contributed by atoms with Gasteiger partial charge in [-0.3, -0.25) is 4.79 Å². The van der Waals surface area contributed by atoms with Crippen molar-refractivity contribution in [2.45, 2.75) is 13.3 Å². The SMILES string of the molecule is Cc1ccc(-c2noc(CCNC(=O)c3cccc(Cl)c3)n2)cc1. The number of amides is 1. The first-order chi connectivity index (χ1) is 11.6. The highest BCUT2D eigenvalue weighted by molar-refractivity contribution is 6.30. The van der Waals surface area contributed by atoms with Gasteiger partial charge in [0.1, 0.15) is 0 Å². The van der Waals surface area contributed by atoms with E-state index in [9.17, 15) is 4.79 Å². The summed E-state index contributed by atoms with van der Waals surface area (Å²) < 4.78 is 5.22. The highest BCUT2D eigenvalue weighted by Gasteiger charge is 2.10. The molecule has 0 bridgehead atoms. The number of aromatic nitrogens is 2. The molecule has 0 fully saturated rings. The van der Waals surface area contributed by atoms with E-state index in [1.54, 1.807) is 24.3 Å². The van der Waals surface area contributed by atoms with E-state index in [2.05, 4.69) is 15.5 Å². The molecule has 0 unspecified atom stereocenters. The van der Waals surface area contributed by atoms with Crippen LogP contribution < -0.4 is 5.32 Å². The van der Waals surface area contributed by atoms with E-state index in [0.717, 1.165) is 5.56 Å². The second kappa shape index (κ2) is 7.27. The van der Waals surface area contributed by atoms with Crippen LogP contribution in [0.2, 0.25) is 5.02 Å². The molecule has 0 aliphatic rings. The molecular weight excluding hydrogens is 326 g/mol. The van der Waals surface area contributed by atoms with Crippen LogP contribution in [0.1, 0.15) is 21.8 Å². The van der Waals surface area contributed by atoms with Gasteiger partial charge in [-0.1, -0.05) is 52.7 Å². The summed E-state index contributed by atoms with van der Waals surface area (Å²) in [4.78, 5) is 16.4. The van der Waals surface area contributed by atoms with E-state index in [0.29, 0.717) is 35.3 Å². The predicted molar refractivity (Wildman–Crippen MR) is 92.0 cm³/mol. The second-order valence-corrected chi connectivity index (χ2v) is 5.83. The van der Waals surface area contributed by atoms with Crippen molar-refractivity contribution in [1.82, 2.24) is 15.5 Å². The molecule has 3 rings (SSSR count). The highest BCUT2D eigenvalue weighted by Crippen LogP contribution is 2.16. The quantitative estimate of drug-likeness (QED) is 0.768. The molecule has 6 heteroatoms. The average molecular weight is 342 g/mol. The van der Waals surface area contributed by atoms with Gasteiger partial charge in [0.25, 0.3) is 5.91 Å². The van der Waals surface area contributed by atoms with Crippen molar-refractivity contribution in [3.8, 4) is 11.4 Å². The third-order valence-corrected chi connectivity index (χ3v) is 3.72. The maximum atomic E-state index is 12.0. The molecule has 1 amide bonds. The first-order valence-corrected chi connectivity index (χ1v) is 7.93. The molecule has 122 valence electrons. The van der Waals surface area contributed by atoms with Gasteiger partial charge in [0.2, 0.25) is 11.7 Å². The van der Waals surface area contributed by atoms with Crippen LogP contribution in [0.25, 0.3) is 11.4 Å². The molecule has 0 saturated heterocycles. The fourth-order valence-corrected chi connectivity index (χ4v) is 2.38. The second-order valence-electron chi connectivity index (χ2n) is 5.39. The van der Waals surface area contributed by atoms with Gasteiger partial charge < -0.3 is 9.84 Å². The van der Waals surface area contributed by atoms with Gasteiger partial charge in [0.05, 0.1) is 0 Å². The van der Waals surface area contributed by atoms with E-state index in [-0.39, 0.29) is 5.91 Å². The van der Waals surface area contributed by atoms with Crippen molar-refractivity contribution >= 4 is 17.5 Å². The lowest BCUT2D eigenvalue weighted by molar-refractivity contribution is 0.0953. The van der Waals surface area contributed by atoms with Gasteiger partial charge in [-0.25, -0.2) is 0 Å². The van der Waals surface area contributed by atoms with E-state index in [1.165, 1.54) is 5.56 Å². The lowest BCUT2D eigenvalue weighted by atomic mass is 10.1. The number of nitrogens with one attached hydrogen (secondary N) is 1. The number of hydrogen-bond acceptors (Lipinski definition) is 4. The zero-order valence-electron chi connectivity index (χ0n) is 13.1. The van der Waals surface area contributed by atoms with Crippen molar-refractivity contribution in [3.05, 3.63) is 70.6 Å². The summed E-state index contributed by atoms with van der Waals surface area (Å²) in [5.74, 6) is 0.846. The molecule has 0 atom stereocenters. The molecule has 0 aliphatic heterocycles. The minimum Gasteiger partial charge on any atom is -0.352 e. The molecule has 0 aliphatic carbocycles. The standard InChI is InChI=1S/C18H16ClN3O2/c1-12-5-7-13(8-6-12)17-21-16(24-22-17)9-10-20-18(23)14-3-2-4-15(19)11-14/h2-8,11H,9-10H2,1H3,(H,20,23). The number of rotatable bonds is 5. The summed E-state index contributed by atoms with van der Waals surface area (Å²) >= 11 is 5.88. The Balaban J connectivity index is 1.56. The monoisotopic (exact) mass is 341 g/mol. The molecule has 0 radical (unpaired) electrons. The average Bonchev–Trinajstić information content (AvgIpc) is 3.04. The number of carbonyl (C=O) groups is 1. The number of aryl methyl sites for hydroxylation is 1. The highest BCUT2D eigenvalue weighted by atomic mass is 35.5. The smallest absolute Gasteiger partial charge is 0.251 e. The van der Waals surface area contributed by atoms with Crippen LogP contribution in [-0.4, -0.2) is 22.6 Å². The summed E-state index contributed by atoms with van der Waals surface area (Å²) in [5.41, 5.74) is 2.60. The third-order valence-electron chi connectivity index (χ3n) is 3.49. The molecule has 3 aromatic rings. The van der Waals surface area contributed by atoms with E-state index < -0.39 is 0 Å². The summed E-state index contributed by atoms with van der Waals surface area (Å²) in [7, 11) is 0. The minimum atomic E-state index is -0.184. The van der Waals surface area contributed by atoms with Crippen molar-refractivity contribution < 1.29 is 9.32 Å². The van der Waals surface area contributed by atoms with Gasteiger partial charge >= 0.3 is 0 Å². The van der Waals surface area contributed by atoms with Crippen LogP contribution in [-0.2, 0) is 6.42 Å². The normalized spacial score (nSPS) is 10.6. The zero-order chi connectivity index (χ0) is 16.9. The molecule has 2 aromatic carbocycles. The number of carbonyl (C=O) groups excluding carboxylic acids is 1. The fraction of sp³-hybridized carbons (Fsp3) is 0.167. The molecule has 24 heavy (non-hydrogen) atoms. The maximum Gasteiger partial charge on any atom is 0.251 e. The molecule has 5 nitrogen and oxygen atoms in total. The predicted octanol–water partition coefficient (Wildman–Crippen LogP) is 3.67. The molecule has 0 saturated carbocycles. The maximum absolute atomic E-state index is 12.0. The summed E-state index contributed by atoms with van der Waals surface area (Å²) in [5, 5.41) is 7.30. The third kappa shape index (κ3) is 4.00. The number of benzene rings is 2. The van der Waals surface area contributed by atoms with Gasteiger partial charge in [0, 0.05) is 29.1 Å². The number of nitrogens with zero attached hydrogens (tertiary/aromatic N) is 2. The van der Waals surface area contributed by atoms with E-state index in [1.807, 2.05) is 31.2 Å². The van der Waals surface area contributed by atoms with Crippen molar-refractivity contribution in [1.29, 1.82) is 0 Å².